The van der Waals surface area contributed by atoms with Crippen molar-refractivity contribution in [2.75, 3.05) is 0 Å². The second-order valence-electron chi connectivity index (χ2n) is 6.00. The zero-order chi connectivity index (χ0) is 19.6. The number of hydrazone groups is 1. The Labute approximate surface area is 163 Å². The number of halogens is 3. The summed E-state index contributed by atoms with van der Waals surface area (Å²) >= 11 is 7.61. The van der Waals surface area contributed by atoms with Crippen LogP contribution in [0.5, 0.6) is 0 Å². The van der Waals surface area contributed by atoms with E-state index in [4.69, 9.17) is 11.6 Å². The number of thiophene rings is 1. The second-order valence-corrected chi connectivity index (χ2v) is 7.33. The van der Waals surface area contributed by atoms with Gasteiger partial charge in [-0.3, -0.25) is 4.79 Å². The summed E-state index contributed by atoms with van der Waals surface area (Å²) in [5.74, 6) is -3.91. The van der Waals surface area contributed by atoms with Gasteiger partial charge in [0.2, 0.25) is 0 Å². The van der Waals surface area contributed by atoms with Gasteiger partial charge in [0.05, 0.1) is 5.02 Å². The molecule has 3 rings (SSSR count). The summed E-state index contributed by atoms with van der Waals surface area (Å²) in [6, 6.07) is 10.7. The number of para-hydroxylation sites is 1. The number of aromatic nitrogens is 1. The Bertz CT molecular complexity index is 1020. The van der Waals surface area contributed by atoms with Crippen LogP contribution in [-0.2, 0) is 0 Å². The van der Waals surface area contributed by atoms with Crippen molar-refractivity contribution < 1.29 is 13.6 Å². The first-order valence-electron chi connectivity index (χ1n) is 8.00. The number of hydrogen-bond donors (Lipinski definition) is 2. The van der Waals surface area contributed by atoms with Gasteiger partial charge < -0.3 is 4.98 Å². The minimum absolute atomic E-state index is 0.0671. The molecule has 0 radical (unpaired) electrons. The first kappa shape index (κ1) is 19.3. The molecule has 0 aliphatic rings. The van der Waals surface area contributed by atoms with Crippen LogP contribution >= 0.6 is 22.9 Å². The topological polar surface area (TPSA) is 57.2 Å². The van der Waals surface area contributed by atoms with Gasteiger partial charge in [-0.05, 0) is 23.1 Å². The van der Waals surface area contributed by atoms with E-state index in [-0.39, 0.29) is 17.1 Å². The zero-order valence-corrected chi connectivity index (χ0v) is 15.9. The first-order chi connectivity index (χ1) is 12.8. The maximum atomic E-state index is 13.9. The third-order valence-corrected chi connectivity index (χ3v) is 5.28. The number of carbonyl (C=O) groups is 1. The summed E-state index contributed by atoms with van der Waals surface area (Å²) in [6.45, 7) is 4.57. The standard InChI is InChI=1S/C19H16ClF2N3OS/c1-11(14-8-5-9-27-14)10-15(19(2,21)22)24-25-18(26)17-16(20)12-6-3-4-7-13(12)23-17/h3-9,23H,1,10H2,2H3,(H,25,26)/b24-15-. The van der Waals surface area contributed by atoms with Crippen molar-refractivity contribution in [1.82, 2.24) is 10.4 Å². The maximum absolute atomic E-state index is 13.9. The number of aromatic amines is 1. The van der Waals surface area contributed by atoms with Crippen LogP contribution in [0, 0.1) is 0 Å². The lowest BCUT2D eigenvalue weighted by Crippen LogP contribution is -2.29. The fraction of sp³-hybridized carbons (Fsp3) is 0.158. The second kappa shape index (κ2) is 7.62. The van der Waals surface area contributed by atoms with Gasteiger partial charge >= 0.3 is 0 Å². The summed E-state index contributed by atoms with van der Waals surface area (Å²) in [6.07, 6.45) is -0.162. The molecule has 2 N–H and O–H groups in total. The molecule has 3 aromatic rings. The highest BCUT2D eigenvalue weighted by Crippen LogP contribution is 2.28. The molecule has 2 aromatic heterocycles. The highest BCUT2D eigenvalue weighted by molar-refractivity contribution is 7.11. The number of hydrogen-bond acceptors (Lipinski definition) is 3. The van der Waals surface area contributed by atoms with Crippen LogP contribution < -0.4 is 5.43 Å². The highest BCUT2D eigenvalue weighted by Gasteiger charge is 2.31. The molecular weight excluding hydrogens is 392 g/mol. The van der Waals surface area contributed by atoms with Crippen LogP contribution in [0.3, 0.4) is 0 Å². The third-order valence-electron chi connectivity index (χ3n) is 3.92. The zero-order valence-electron chi connectivity index (χ0n) is 14.4. The minimum atomic E-state index is -3.21. The highest BCUT2D eigenvalue weighted by atomic mass is 35.5. The fourth-order valence-electron chi connectivity index (χ4n) is 2.50. The Kier molecular flexibility index (Phi) is 5.43. The van der Waals surface area contributed by atoms with E-state index in [1.54, 1.807) is 30.3 Å². The van der Waals surface area contributed by atoms with E-state index in [9.17, 15) is 13.6 Å². The molecule has 0 saturated heterocycles. The molecule has 4 nitrogen and oxygen atoms in total. The number of H-pyrrole nitrogens is 1. The number of rotatable bonds is 6. The molecule has 0 saturated carbocycles. The Morgan fingerprint density at radius 3 is 2.70 bits per heavy atom. The molecule has 1 aromatic carbocycles. The number of nitrogens with zero attached hydrogens (tertiary/aromatic N) is 1. The Morgan fingerprint density at radius 1 is 1.33 bits per heavy atom. The molecule has 0 spiro atoms. The van der Waals surface area contributed by atoms with E-state index >= 15 is 0 Å². The predicted molar refractivity (Wildman–Crippen MR) is 107 cm³/mol. The third kappa shape index (κ3) is 4.26. The molecule has 140 valence electrons. The molecule has 1 amide bonds. The normalized spacial score (nSPS) is 12.4. The molecule has 2 heterocycles. The van der Waals surface area contributed by atoms with E-state index in [1.165, 1.54) is 11.3 Å². The molecular formula is C19H16ClF2N3OS. The van der Waals surface area contributed by atoms with E-state index in [2.05, 4.69) is 22.1 Å². The minimum Gasteiger partial charge on any atom is -0.349 e. The van der Waals surface area contributed by atoms with Gasteiger partial charge in [-0.15, -0.1) is 11.3 Å². The van der Waals surface area contributed by atoms with Crippen molar-refractivity contribution in [1.29, 1.82) is 0 Å². The van der Waals surface area contributed by atoms with Crippen LogP contribution in [0.1, 0.15) is 28.7 Å². The quantitative estimate of drug-likeness (QED) is 0.398. The summed E-state index contributed by atoms with van der Waals surface area (Å²) in [5.41, 5.74) is 2.93. The number of fused-ring (bicyclic) bond motifs is 1. The average molecular weight is 408 g/mol. The maximum Gasteiger partial charge on any atom is 0.289 e. The van der Waals surface area contributed by atoms with E-state index in [1.807, 2.05) is 11.4 Å². The summed E-state index contributed by atoms with van der Waals surface area (Å²) in [5, 5.41) is 6.38. The molecule has 0 aliphatic carbocycles. The van der Waals surface area contributed by atoms with Gasteiger partial charge in [-0.1, -0.05) is 42.4 Å². The van der Waals surface area contributed by atoms with E-state index < -0.39 is 17.5 Å². The average Bonchev–Trinajstić information content (AvgIpc) is 3.26. The fourth-order valence-corrected chi connectivity index (χ4v) is 3.50. The molecule has 0 fully saturated rings. The number of benzene rings is 1. The van der Waals surface area contributed by atoms with Gasteiger partial charge in [-0.2, -0.15) is 5.10 Å². The lowest BCUT2D eigenvalue weighted by Gasteiger charge is -2.15. The number of alkyl halides is 2. The largest absolute Gasteiger partial charge is 0.349 e. The lowest BCUT2D eigenvalue weighted by atomic mass is 10.1. The van der Waals surface area contributed by atoms with Crippen LogP contribution in [0.4, 0.5) is 8.78 Å². The lowest BCUT2D eigenvalue weighted by molar-refractivity contribution is 0.0928. The monoisotopic (exact) mass is 407 g/mol. The van der Waals surface area contributed by atoms with E-state index in [0.717, 1.165) is 11.8 Å². The van der Waals surface area contributed by atoms with E-state index in [0.29, 0.717) is 16.5 Å². The number of nitrogens with one attached hydrogen (secondary N) is 2. The molecule has 8 heteroatoms. The van der Waals surface area contributed by atoms with Gasteiger partial charge in [0, 0.05) is 29.1 Å². The van der Waals surface area contributed by atoms with Crippen molar-refractivity contribution >= 4 is 51.0 Å². The molecule has 0 unspecified atom stereocenters. The van der Waals surface area contributed by atoms with Crippen LogP contribution in [0.15, 0.2) is 53.5 Å². The molecule has 27 heavy (non-hydrogen) atoms. The van der Waals surface area contributed by atoms with Crippen molar-refractivity contribution in [2.45, 2.75) is 19.3 Å². The number of amides is 1. The van der Waals surface area contributed by atoms with Gasteiger partial charge in [-0.25, -0.2) is 14.2 Å². The van der Waals surface area contributed by atoms with Gasteiger partial charge in [0.25, 0.3) is 11.8 Å². The molecule has 0 aliphatic heterocycles. The Hall–Kier alpha value is -2.51. The summed E-state index contributed by atoms with van der Waals surface area (Å²) in [4.78, 5) is 16.0. The van der Waals surface area contributed by atoms with Gasteiger partial charge in [0.15, 0.2) is 0 Å². The smallest absolute Gasteiger partial charge is 0.289 e. The first-order valence-corrected chi connectivity index (χ1v) is 9.26. The SMILES string of the molecule is C=C(C/C(=N/NC(=O)c1[nH]c2ccccc2c1Cl)C(C)(F)F)c1cccs1. The summed E-state index contributed by atoms with van der Waals surface area (Å²) in [7, 11) is 0. The van der Waals surface area contributed by atoms with Crippen LogP contribution in [0.2, 0.25) is 5.02 Å². The van der Waals surface area contributed by atoms with Crippen molar-refractivity contribution in [3.05, 3.63) is 64.0 Å². The van der Waals surface area contributed by atoms with Crippen LogP contribution in [0.25, 0.3) is 16.5 Å². The Morgan fingerprint density at radius 2 is 2.07 bits per heavy atom. The molecule has 0 atom stereocenters. The Balaban J connectivity index is 1.82. The van der Waals surface area contributed by atoms with Crippen molar-refractivity contribution in [3.8, 4) is 0 Å². The van der Waals surface area contributed by atoms with Gasteiger partial charge in [0.1, 0.15) is 11.4 Å². The van der Waals surface area contributed by atoms with Crippen molar-refractivity contribution in [3.63, 3.8) is 0 Å². The van der Waals surface area contributed by atoms with Crippen molar-refractivity contribution in [2.24, 2.45) is 5.10 Å². The predicted octanol–water partition coefficient (Wildman–Crippen LogP) is 5.73. The number of allylic oxidation sites excluding steroid dienone is 1. The number of carbonyl (C=O) groups excluding carboxylic acids is 1. The van der Waals surface area contributed by atoms with Crippen LogP contribution in [-0.4, -0.2) is 22.5 Å². The molecule has 0 bridgehead atoms. The summed E-state index contributed by atoms with van der Waals surface area (Å²) < 4.78 is 27.9.